The van der Waals surface area contributed by atoms with Crippen LogP contribution in [0, 0.1) is 0 Å². The first-order valence-corrected chi connectivity index (χ1v) is 11.2. The number of esters is 1. The van der Waals surface area contributed by atoms with E-state index in [1.807, 2.05) is 0 Å². The molecule has 0 saturated carbocycles. The molecular formula is C24H21N3O6S. The van der Waals surface area contributed by atoms with Crippen LogP contribution in [0.25, 0.3) is 16.5 Å². The summed E-state index contributed by atoms with van der Waals surface area (Å²) in [5.41, 5.74) is 0.260. The van der Waals surface area contributed by atoms with Crippen LogP contribution in [0.2, 0.25) is 0 Å². The lowest BCUT2D eigenvalue weighted by molar-refractivity contribution is 0.0520. The number of para-hydroxylation sites is 1. The molecule has 34 heavy (non-hydrogen) atoms. The average Bonchev–Trinajstić information content (AvgIpc) is 3.28. The zero-order valence-corrected chi connectivity index (χ0v) is 19.5. The molecule has 2 heterocycles. The number of nitrogens with zero attached hydrogens (tertiary/aromatic N) is 2. The van der Waals surface area contributed by atoms with Crippen molar-refractivity contribution in [3.8, 4) is 17.2 Å². The highest BCUT2D eigenvalue weighted by molar-refractivity contribution is 7.16. The minimum absolute atomic E-state index is 0.0138. The average molecular weight is 480 g/mol. The van der Waals surface area contributed by atoms with Crippen molar-refractivity contribution in [1.29, 1.82) is 0 Å². The number of rotatable bonds is 7. The standard InChI is InChI=1S/C24H21N3O6S/c1-4-33-24(30)20-18-13-34-22(19(18)23(29)27(26-20)15-8-6-5-7-9-15)25-21(28)14-10-16(31-2)12-17(11-14)32-3/h5-13H,4H2,1-3H3,(H,25,28). The largest absolute Gasteiger partial charge is 0.497 e. The Kier molecular flexibility index (Phi) is 6.60. The number of hydrogen-bond acceptors (Lipinski definition) is 8. The minimum atomic E-state index is -0.662. The fourth-order valence-electron chi connectivity index (χ4n) is 3.35. The van der Waals surface area contributed by atoms with Gasteiger partial charge in [0.15, 0.2) is 5.69 Å². The van der Waals surface area contributed by atoms with Crippen molar-refractivity contribution < 1.29 is 23.8 Å². The number of amides is 1. The van der Waals surface area contributed by atoms with Crippen LogP contribution in [0.1, 0.15) is 27.8 Å². The summed E-state index contributed by atoms with van der Waals surface area (Å²) in [5.74, 6) is -0.243. The summed E-state index contributed by atoms with van der Waals surface area (Å²) in [7, 11) is 2.97. The van der Waals surface area contributed by atoms with Gasteiger partial charge in [0.1, 0.15) is 16.5 Å². The number of hydrogen-bond donors (Lipinski definition) is 1. The molecule has 4 aromatic rings. The number of ether oxygens (including phenoxy) is 3. The van der Waals surface area contributed by atoms with Crippen LogP contribution in [0.15, 0.2) is 58.7 Å². The van der Waals surface area contributed by atoms with E-state index in [0.717, 1.165) is 16.0 Å². The molecule has 4 rings (SSSR count). The normalized spacial score (nSPS) is 10.7. The Bertz CT molecular complexity index is 1410. The third-order valence-corrected chi connectivity index (χ3v) is 5.86. The fraction of sp³-hybridized carbons (Fsp3) is 0.167. The second-order valence-electron chi connectivity index (χ2n) is 7.03. The van der Waals surface area contributed by atoms with Crippen molar-refractivity contribution in [2.24, 2.45) is 0 Å². The zero-order valence-electron chi connectivity index (χ0n) is 18.7. The van der Waals surface area contributed by atoms with E-state index in [9.17, 15) is 14.4 Å². The van der Waals surface area contributed by atoms with Crippen molar-refractivity contribution in [2.45, 2.75) is 6.92 Å². The van der Waals surface area contributed by atoms with Crippen LogP contribution in [0.4, 0.5) is 5.00 Å². The minimum Gasteiger partial charge on any atom is -0.497 e. The lowest BCUT2D eigenvalue weighted by atomic mass is 10.1. The first-order valence-electron chi connectivity index (χ1n) is 10.3. The number of carbonyl (C=O) groups excluding carboxylic acids is 2. The van der Waals surface area contributed by atoms with Gasteiger partial charge in [-0.05, 0) is 31.2 Å². The van der Waals surface area contributed by atoms with Crippen LogP contribution in [0.5, 0.6) is 11.5 Å². The van der Waals surface area contributed by atoms with Crippen LogP contribution < -0.4 is 20.3 Å². The van der Waals surface area contributed by atoms with Crippen LogP contribution in [-0.4, -0.2) is 42.5 Å². The van der Waals surface area contributed by atoms with Crippen LogP contribution in [-0.2, 0) is 4.74 Å². The van der Waals surface area contributed by atoms with Crippen molar-refractivity contribution in [3.05, 3.63) is 75.5 Å². The van der Waals surface area contributed by atoms with Gasteiger partial charge in [0.2, 0.25) is 0 Å². The third-order valence-electron chi connectivity index (χ3n) is 4.96. The predicted octanol–water partition coefficient (Wildman–Crippen LogP) is 3.89. The fourth-order valence-corrected chi connectivity index (χ4v) is 4.28. The Morgan fingerprint density at radius 1 is 1.06 bits per heavy atom. The molecule has 174 valence electrons. The van der Waals surface area contributed by atoms with Gasteiger partial charge in [-0.3, -0.25) is 9.59 Å². The summed E-state index contributed by atoms with van der Waals surface area (Å²) >= 11 is 1.12. The lowest BCUT2D eigenvalue weighted by Crippen LogP contribution is -2.25. The topological polar surface area (TPSA) is 109 Å². The maximum absolute atomic E-state index is 13.4. The molecule has 2 aromatic carbocycles. The number of carbonyl (C=O) groups is 2. The van der Waals surface area contributed by atoms with Gasteiger partial charge in [-0.2, -0.15) is 9.78 Å². The number of aromatic nitrogens is 2. The Hall–Kier alpha value is -4.18. The van der Waals surface area contributed by atoms with Crippen molar-refractivity contribution in [1.82, 2.24) is 9.78 Å². The zero-order chi connectivity index (χ0) is 24.2. The first-order chi connectivity index (χ1) is 16.5. The van der Waals surface area contributed by atoms with Gasteiger partial charge in [0.25, 0.3) is 11.5 Å². The van der Waals surface area contributed by atoms with E-state index in [-0.39, 0.29) is 28.3 Å². The molecule has 2 aromatic heterocycles. The summed E-state index contributed by atoms with van der Waals surface area (Å²) < 4.78 is 16.7. The number of benzene rings is 2. The van der Waals surface area contributed by atoms with Crippen molar-refractivity contribution in [3.63, 3.8) is 0 Å². The Balaban J connectivity index is 1.85. The molecule has 0 spiro atoms. The van der Waals surface area contributed by atoms with Gasteiger partial charge in [-0.1, -0.05) is 18.2 Å². The Labute approximate surface area is 198 Å². The molecule has 0 atom stereocenters. The number of nitrogens with one attached hydrogen (secondary N) is 1. The summed E-state index contributed by atoms with van der Waals surface area (Å²) in [5, 5.41) is 9.41. The van der Waals surface area contributed by atoms with Crippen molar-refractivity contribution in [2.75, 3.05) is 26.1 Å². The van der Waals surface area contributed by atoms with Gasteiger partial charge in [-0.25, -0.2) is 4.79 Å². The summed E-state index contributed by atoms with van der Waals surface area (Å²) in [6.45, 7) is 1.84. The monoisotopic (exact) mass is 479 g/mol. The van der Waals surface area contributed by atoms with Gasteiger partial charge < -0.3 is 19.5 Å². The van der Waals surface area contributed by atoms with E-state index in [1.165, 1.54) is 14.2 Å². The predicted molar refractivity (Wildman–Crippen MR) is 129 cm³/mol. The van der Waals surface area contributed by atoms with Crippen LogP contribution in [0.3, 0.4) is 0 Å². The maximum Gasteiger partial charge on any atom is 0.359 e. The summed E-state index contributed by atoms with van der Waals surface area (Å²) in [6.07, 6.45) is 0. The van der Waals surface area contributed by atoms with E-state index in [0.29, 0.717) is 22.6 Å². The second kappa shape index (κ2) is 9.75. The molecule has 9 nitrogen and oxygen atoms in total. The smallest absolute Gasteiger partial charge is 0.359 e. The molecule has 1 amide bonds. The SMILES string of the molecule is CCOC(=O)c1nn(-c2ccccc2)c(=O)c2c(NC(=O)c3cc(OC)cc(OC)c3)scc12. The van der Waals surface area contributed by atoms with Gasteiger partial charge >= 0.3 is 5.97 Å². The molecule has 0 aliphatic heterocycles. The lowest BCUT2D eigenvalue weighted by Gasteiger charge is -2.10. The number of fused-ring (bicyclic) bond motifs is 1. The van der Waals surface area contributed by atoms with E-state index in [2.05, 4.69) is 10.4 Å². The quantitative estimate of drug-likeness (QED) is 0.401. The summed E-state index contributed by atoms with van der Waals surface area (Å²) in [6, 6.07) is 13.5. The molecule has 0 aliphatic rings. The third kappa shape index (κ3) is 4.35. The highest BCUT2D eigenvalue weighted by Crippen LogP contribution is 2.32. The molecule has 1 N–H and O–H groups in total. The molecule has 0 aliphatic carbocycles. The second-order valence-corrected chi connectivity index (χ2v) is 7.91. The molecule has 0 bridgehead atoms. The molecule has 0 fully saturated rings. The highest BCUT2D eigenvalue weighted by Gasteiger charge is 2.23. The van der Waals surface area contributed by atoms with E-state index in [1.54, 1.807) is 60.8 Å². The number of anilines is 1. The van der Waals surface area contributed by atoms with Crippen LogP contribution >= 0.6 is 11.3 Å². The van der Waals surface area contributed by atoms with E-state index < -0.39 is 17.4 Å². The molecule has 0 saturated heterocycles. The highest BCUT2D eigenvalue weighted by atomic mass is 32.1. The number of methoxy groups -OCH3 is 2. The molecule has 0 unspecified atom stereocenters. The number of thiophene rings is 1. The summed E-state index contributed by atoms with van der Waals surface area (Å²) in [4.78, 5) is 39.1. The van der Waals surface area contributed by atoms with E-state index >= 15 is 0 Å². The Morgan fingerprint density at radius 2 is 1.74 bits per heavy atom. The Morgan fingerprint density at radius 3 is 2.35 bits per heavy atom. The first kappa shape index (κ1) is 23.0. The maximum atomic E-state index is 13.4. The molecular weight excluding hydrogens is 458 g/mol. The van der Waals surface area contributed by atoms with Gasteiger partial charge in [-0.15, -0.1) is 11.3 Å². The molecule has 0 radical (unpaired) electrons. The van der Waals surface area contributed by atoms with Crippen molar-refractivity contribution >= 4 is 39.0 Å². The molecule has 10 heteroatoms. The van der Waals surface area contributed by atoms with Gasteiger partial charge in [0, 0.05) is 22.4 Å². The van der Waals surface area contributed by atoms with Gasteiger partial charge in [0.05, 0.1) is 31.9 Å². The van der Waals surface area contributed by atoms with E-state index in [4.69, 9.17) is 14.2 Å².